The number of aliphatic imine (C=N–C) groups is 1. The van der Waals surface area contributed by atoms with Crippen LogP contribution < -0.4 is 10.2 Å². The minimum Gasteiger partial charge on any atom is -0.357 e. The Morgan fingerprint density at radius 1 is 1.07 bits per heavy atom. The number of hydrogen-bond donors (Lipinski definition) is 1. The normalized spacial score (nSPS) is 15.3. The van der Waals surface area contributed by atoms with Crippen LogP contribution in [-0.4, -0.2) is 69.6 Å². The number of unbranched alkanes of at least 4 members (excludes halogenated alkanes) is 1. The largest absolute Gasteiger partial charge is 0.357 e. The molecule has 27 heavy (non-hydrogen) atoms. The van der Waals surface area contributed by atoms with Gasteiger partial charge in [-0.2, -0.15) is 0 Å². The van der Waals surface area contributed by atoms with E-state index in [2.05, 4.69) is 41.6 Å². The summed E-state index contributed by atoms with van der Waals surface area (Å²) in [5, 5.41) is 3.43. The zero-order valence-corrected chi connectivity index (χ0v) is 16.4. The van der Waals surface area contributed by atoms with E-state index in [1.54, 1.807) is 12.4 Å². The highest BCUT2D eigenvalue weighted by Crippen LogP contribution is 2.10. The molecule has 0 amide bonds. The van der Waals surface area contributed by atoms with Crippen molar-refractivity contribution in [3.05, 3.63) is 36.7 Å². The van der Waals surface area contributed by atoms with Gasteiger partial charge in [-0.05, 0) is 32.8 Å². The van der Waals surface area contributed by atoms with Crippen LogP contribution in [0.4, 0.5) is 5.95 Å². The van der Waals surface area contributed by atoms with Gasteiger partial charge in [0.15, 0.2) is 5.96 Å². The van der Waals surface area contributed by atoms with Crippen LogP contribution in [0.25, 0.3) is 0 Å². The Balaban J connectivity index is 1.45. The number of aromatic nitrogens is 4. The topological polar surface area (TPSA) is 74.5 Å². The molecule has 0 saturated carbocycles. The molecule has 1 aliphatic rings. The molecule has 0 spiro atoms. The van der Waals surface area contributed by atoms with Crippen molar-refractivity contribution in [1.29, 1.82) is 0 Å². The third kappa shape index (κ3) is 5.42. The van der Waals surface area contributed by atoms with Crippen LogP contribution in [0.15, 0.2) is 35.8 Å². The van der Waals surface area contributed by atoms with Gasteiger partial charge in [0.1, 0.15) is 5.82 Å². The van der Waals surface area contributed by atoms with Gasteiger partial charge in [0.05, 0.1) is 0 Å². The molecule has 1 N–H and O–H groups in total. The van der Waals surface area contributed by atoms with Crippen molar-refractivity contribution in [2.75, 3.05) is 44.2 Å². The van der Waals surface area contributed by atoms with Gasteiger partial charge in [0, 0.05) is 70.6 Å². The lowest BCUT2D eigenvalue weighted by atomic mass is 10.3. The highest BCUT2D eigenvalue weighted by atomic mass is 15.4. The third-order valence-corrected chi connectivity index (χ3v) is 4.74. The molecule has 3 heterocycles. The molecule has 0 radical (unpaired) electrons. The molecule has 3 rings (SSSR count). The fourth-order valence-corrected chi connectivity index (χ4v) is 3.22. The van der Waals surface area contributed by atoms with Crippen LogP contribution in [0.3, 0.4) is 0 Å². The molecule has 2 aromatic heterocycles. The molecule has 0 atom stereocenters. The first-order valence-electron chi connectivity index (χ1n) is 9.81. The lowest BCUT2D eigenvalue weighted by molar-refractivity contribution is 0.370. The second-order valence-electron chi connectivity index (χ2n) is 6.63. The van der Waals surface area contributed by atoms with Crippen molar-refractivity contribution in [2.45, 2.75) is 33.2 Å². The molecule has 0 bridgehead atoms. The van der Waals surface area contributed by atoms with Crippen LogP contribution in [0.2, 0.25) is 0 Å². The van der Waals surface area contributed by atoms with Crippen molar-refractivity contribution < 1.29 is 0 Å². The maximum absolute atomic E-state index is 4.83. The fraction of sp³-hybridized carbons (Fsp3) is 0.579. The SMILES string of the molecule is CCNC(=NCCCCn1ccnc1C)N1CCN(c2ncccn2)CC1. The minimum absolute atomic E-state index is 0.814. The van der Waals surface area contributed by atoms with Crippen molar-refractivity contribution in [3.63, 3.8) is 0 Å². The van der Waals surface area contributed by atoms with E-state index < -0.39 is 0 Å². The zero-order chi connectivity index (χ0) is 18.9. The quantitative estimate of drug-likeness (QED) is 0.453. The van der Waals surface area contributed by atoms with Crippen LogP contribution in [0, 0.1) is 6.92 Å². The Bertz CT molecular complexity index is 704. The molecule has 0 aliphatic carbocycles. The lowest BCUT2D eigenvalue weighted by Crippen LogP contribution is -2.53. The predicted molar refractivity (Wildman–Crippen MR) is 108 cm³/mol. The second kappa shape index (κ2) is 9.89. The Morgan fingerprint density at radius 3 is 2.52 bits per heavy atom. The maximum Gasteiger partial charge on any atom is 0.225 e. The number of rotatable bonds is 7. The standard InChI is InChI=1S/C19H30N8/c1-3-20-18(22-7-4-5-11-25-12-10-21-17(25)2)26-13-15-27(16-14-26)19-23-8-6-9-24-19/h6,8-10,12H,3-5,7,11,13-16H2,1-2H3,(H,20,22). The van der Waals surface area contributed by atoms with Crippen LogP contribution in [-0.2, 0) is 6.54 Å². The molecule has 1 aliphatic heterocycles. The zero-order valence-electron chi connectivity index (χ0n) is 16.4. The highest BCUT2D eigenvalue weighted by Gasteiger charge is 2.20. The maximum atomic E-state index is 4.83. The van der Waals surface area contributed by atoms with Gasteiger partial charge < -0.3 is 19.7 Å². The minimum atomic E-state index is 0.814. The van der Waals surface area contributed by atoms with E-state index in [4.69, 9.17) is 4.99 Å². The summed E-state index contributed by atoms with van der Waals surface area (Å²) in [7, 11) is 0. The van der Waals surface area contributed by atoms with E-state index in [9.17, 15) is 0 Å². The molecule has 0 unspecified atom stereocenters. The predicted octanol–water partition coefficient (Wildman–Crippen LogP) is 1.55. The van der Waals surface area contributed by atoms with Crippen molar-refractivity contribution in [1.82, 2.24) is 29.7 Å². The summed E-state index contributed by atoms with van der Waals surface area (Å²) in [5.74, 6) is 2.91. The summed E-state index contributed by atoms with van der Waals surface area (Å²) >= 11 is 0. The van der Waals surface area contributed by atoms with E-state index in [0.29, 0.717) is 0 Å². The van der Waals surface area contributed by atoms with Gasteiger partial charge in [-0.25, -0.2) is 15.0 Å². The summed E-state index contributed by atoms with van der Waals surface area (Å²) in [6.07, 6.45) is 9.68. The van der Waals surface area contributed by atoms with E-state index >= 15 is 0 Å². The number of anilines is 1. The second-order valence-corrected chi connectivity index (χ2v) is 6.63. The fourth-order valence-electron chi connectivity index (χ4n) is 3.22. The van der Waals surface area contributed by atoms with Gasteiger partial charge in [-0.15, -0.1) is 0 Å². The van der Waals surface area contributed by atoms with Gasteiger partial charge in [0.2, 0.25) is 5.95 Å². The molecular formula is C19H30N8. The third-order valence-electron chi connectivity index (χ3n) is 4.74. The number of aryl methyl sites for hydroxylation is 2. The van der Waals surface area contributed by atoms with Crippen molar-refractivity contribution >= 4 is 11.9 Å². The van der Waals surface area contributed by atoms with E-state index in [-0.39, 0.29) is 0 Å². The summed E-state index contributed by atoms with van der Waals surface area (Å²) in [5.41, 5.74) is 0. The first-order valence-corrected chi connectivity index (χ1v) is 9.81. The van der Waals surface area contributed by atoms with E-state index in [0.717, 1.165) is 76.4 Å². The molecule has 146 valence electrons. The number of nitrogens with one attached hydrogen (secondary N) is 1. The van der Waals surface area contributed by atoms with E-state index in [1.165, 1.54) is 0 Å². The molecule has 2 aromatic rings. The van der Waals surface area contributed by atoms with Gasteiger partial charge >= 0.3 is 0 Å². The summed E-state index contributed by atoms with van der Waals surface area (Å²) in [6.45, 7) is 10.6. The van der Waals surface area contributed by atoms with Crippen molar-refractivity contribution in [2.24, 2.45) is 4.99 Å². The Kier molecular flexibility index (Phi) is 7.01. The van der Waals surface area contributed by atoms with Crippen LogP contribution in [0.1, 0.15) is 25.6 Å². The van der Waals surface area contributed by atoms with Gasteiger partial charge in [0.25, 0.3) is 0 Å². The average molecular weight is 371 g/mol. The summed E-state index contributed by atoms with van der Waals surface area (Å²) in [4.78, 5) is 22.4. The molecule has 8 heteroatoms. The summed E-state index contributed by atoms with van der Waals surface area (Å²) < 4.78 is 2.19. The van der Waals surface area contributed by atoms with E-state index in [1.807, 2.05) is 25.4 Å². The molecule has 0 aromatic carbocycles. The number of nitrogens with zero attached hydrogens (tertiary/aromatic N) is 7. The first kappa shape index (κ1) is 19.1. The Labute approximate surface area is 161 Å². The molecule has 1 fully saturated rings. The molecule has 1 saturated heterocycles. The van der Waals surface area contributed by atoms with Crippen LogP contribution >= 0.6 is 0 Å². The monoisotopic (exact) mass is 370 g/mol. The van der Waals surface area contributed by atoms with Gasteiger partial charge in [-0.1, -0.05) is 0 Å². The smallest absolute Gasteiger partial charge is 0.225 e. The molecule has 8 nitrogen and oxygen atoms in total. The average Bonchev–Trinajstić information content (AvgIpc) is 3.12. The van der Waals surface area contributed by atoms with Gasteiger partial charge in [-0.3, -0.25) is 4.99 Å². The number of imidazole rings is 1. The highest BCUT2D eigenvalue weighted by molar-refractivity contribution is 5.80. The Morgan fingerprint density at radius 2 is 1.85 bits per heavy atom. The lowest BCUT2D eigenvalue weighted by Gasteiger charge is -2.36. The van der Waals surface area contributed by atoms with Crippen molar-refractivity contribution in [3.8, 4) is 0 Å². The summed E-state index contributed by atoms with van der Waals surface area (Å²) in [6, 6.07) is 1.85. The first-order chi connectivity index (χ1) is 13.3. The number of guanidine groups is 1. The number of hydrogen-bond acceptors (Lipinski definition) is 5. The molecular weight excluding hydrogens is 340 g/mol. The number of piperazine rings is 1. The Hall–Kier alpha value is -2.64. The van der Waals surface area contributed by atoms with Crippen LogP contribution in [0.5, 0.6) is 0 Å².